The fourth-order valence-corrected chi connectivity index (χ4v) is 3.39. The van der Waals surface area contributed by atoms with Crippen LogP contribution >= 0.6 is 11.6 Å². The average molecular weight is 526 g/mol. The van der Waals surface area contributed by atoms with E-state index in [1.54, 1.807) is 48.5 Å². The van der Waals surface area contributed by atoms with Crippen LogP contribution in [0.5, 0.6) is 23.0 Å². The predicted molar refractivity (Wildman–Crippen MR) is 143 cm³/mol. The second kappa shape index (κ2) is 13.2. The van der Waals surface area contributed by atoms with E-state index < -0.39 is 5.91 Å². The van der Waals surface area contributed by atoms with E-state index in [1.807, 2.05) is 19.9 Å². The van der Waals surface area contributed by atoms with Crippen LogP contribution in [0.1, 0.15) is 28.4 Å². The first kappa shape index (κ1) is 27.3. The molecule has 0 fully saturated rings. The van der Waals surface area contributed by atoms with Gasteiger partial charge in [0, 0.05) is 16.3 Å². The highest BCUT2D eigenvalue weighted by Gasteiger charge is 2.12. The molecule has 0 radical (unpaired) electrons. The van der Waals surface area contributed by atoms with Crippen molar-refractivity contribution in [3.05, 3.63) is 76.3 Å². The number of hydrazone groups is 1. The van der Waals surface area contributed by atoms with E-state index in [-0.39, 0.29) is 12.5 Å². The topological polar surface area (TPSA) is 107 Å². The molecule has 0 unspecified atom stereocenters. The van der Waals surface area contributed by atoms with E-state index in [2.05, 4.69) is 15.8 Å². The van der Waals surface area contributed by atoms with E-state index in [4.69, 9.17) is 30.5 Å². The van der Waals surface area contributed by atoms with Crippen LogP contribution in [0.2, 0.25) is 5.02 Å². The Morgan fingerprint density at radius 3 is 2.32 bits per heavy atom. The molecule has 2 N–H and O–H groups in total. The maximum atomic E-state index is 12.5. The second-order valence-electron chi connectivity index (χ2n) is 7.71. The van der Waals surface area contributed by atoms with Gasteiger partial charge in [-0.3, -0.25) is 9.59 Å². The summed E-state index contributed by atoms with van der Waals surface area (Å²) < 4.78 is 21.7. The number of hydrogen-bond donors (Lipinski definition) is 2. The van der Waals surface area contributed by atoms with Crippen LogP contribution in [-0.2, 0) is 4.79 Å². The van der Waals surface area contributed by atoms with Crippen LogP contribution in [0, 0.1) is 6.92 Å². The molecule has 0 aliphatic rings. The maximum Gasteiger partial charge on any atom is 0.271 e. The van der Waals surface area contributed by atoms with Gasteiger partial charge < -0.3 is 24.3 Å². The first-order valence-corrected chi connectivity index (χ1v) is 11.7. The fraction of sp³-hybridized carbons (Fsp3) is 0.222. The quantitative estimate of drug-likeness (QED) is 0.274. The number of nitrogens with one attached hydrogen (secondary N) is 2. The van der Waals surface area contributed by atoms with Crippen molar-refractivity contribution in [2.45, 2.75) is 13.8 Å². The number of methoxy groups -OCH3 is 2. The molecule has 10 heteroatoms. The molecule has 9 nitrogen and oxygen atoms in total. The van der Waals surface area contributed by atoms with Gasteiger partial charge in [-0.1, -0.05) is 17.7 Å². The molecule has 3 aromatic rings. The minimum absolute atomic E-state index is 0.225. The molecule has 0 aliphatic heterocycles. The highest BCUT2D eigenvalue weighted by Crippen LogP contribution is 2.29. The monoisotopic (exact) mass is 525 g/mol. The van der Waals surface area contributed by atoms with E-state index in [0.29, 0.717) is 51.4 Å². The molecule has 2 amide bonds. The number of nitrogens with zero attached hydrogens (tertiary/aromatic N) is 1. The molecule has 0 saturated heterocycles. The number of halogens is 1. The van der Waals surface area contributed by atoms with Crippen LogP contribution in [0.3, 0.4) is 0 Å². The predicted octanol–water partition coefficient (Wildman–Crippen LogP) is 4.85. The zero-order chi connectivity index (χ0) is 26.8. The highest BCUT2D eigenvalue weighted by atomic mass is 35.5. The summed E-state index contributed by atoms with van der Waals surface area (Å²) in [5.41, 5.74) is 4.98. The molecular formula is C27H28ClN3O6. The van der Waals surface area contributed by atoms with Crippen molar-refractivity contribution in [2.75, 3.05) is 32.8 Å². The molecule has 0 aliphatic carbocycles. The Labute approximate surface area is 220 Å². The van der Waals surface area contributed by atoms with E-state index in [9.17, 15) is 9.59 Å². The molecule has 0 bridgehead atoms. The number of ether oxygens (including phenoxy) is 4. The Kier molecular flexibility index (Phi) is 9.74. The zero-order valence-corrected chi connectivity index (χ0v) is 21.7. The van der Waals surface area contributed by atoms with Crippen molar-refractivity contribution < 1.29 is 28.5 Å². The number of benzene rings is 3. The largest absolute Gasteiger partial charge is 0.493 e. The number of carbonyl (C=O) groups is 2. The Bertz CT molecular complexity index is 1300. The average Bonchev–Trinajstić information content (AvgIpc) is 2.90. The smallest absolute Gasteiger partial charge is 0.271 e. The van der Waals surface area contributed by atoms with Crippen molar-refractivity contribution in [2.24, 2.45) is 5.10 Å². The molecule has 37 heavy (non-hydrogen) atoms. The van der Waals surface area contributed by atoms with E-state index in [1.165, 1.54) is 20.4 Å². The molecule has 0 spiro atoms. The number of anilines is 1. The van der Waals surface area contributed by atoms with Crippen LogP contribution < -0.4 is 29.7 Å². The Morgan fingerprint density at radius 1 is 0.919 bits per heavy atom. The first-order chi connectivity index (χ1) is 17.8. The minimum atomic E-state index is -0.412. The van der Waals surface area contributed by atoms with Crippen molar-refractivity contribution in [1.82, 2.24) is 5.43 Å². The van der Waals surface area contributed by atoms with Gasteiger partial charge in [-0.25, -0.2) is 5.43 Å². The van der Waals surface area contributed by atoms with Crippen LogP contribution in [0.15, 0.2) is 59.7 Å². The Balaban J connectivity index is 1.58. The lowest BCUT2D eigenvalue weighted by atomic mass is 10.2. The standard InChI is InChI=1S/C27H28ClN3O6/c1-5-36-22-11-8-19(13-25(22)35-4)27(33)31-29-15-18-7-10-23(24(12-18)34-3)37-16-26(32)30-20-9-6-17(2)21(28)14-20/h6-15H,5,16H2,1-4H3,(H,30,32)(H,31,33)/b29-15+. The van der Waals surface area contributed by atoms with Crippen LogP contribution in [0.25, 0.3) is 0 Å². The van der Waals surface area contributed by atoms with E-state index >= 15 is 0 Å². The van der Waals surface area contributed by atoms with E-state index in [0.717, 1.165) is 5.56 Å². The van der Waals surface area contributed by atoms with Gasteiger partial charge in [0.25, 0.3) is 11.8 Å². The molecular weight excluding hydrogens is 498 g/mol. The summed E-state index contributed by atoms with van der Waals surface area (Å²) in [4.78, 5) is 24.7. The second-order valence-corrected chi connectivity index (χ2v) is 8.12. The van der Waals surface area contributed by atoms with Gasteiger partial charge >= 0.3 is 0 Å². The summed E-state index contributed by atoms with van der Waals surface area (Å²) >= 11 is 6.10. The van der Waals surface area contributed by atoms with Gasteiger partial charge in [0.15, 0.2) is 29.6 Å². The van der Waals surface area contributed by atoms with Crippen molar-refractivity contribution in [3.63, 3.8) is 0 Å². The van der Waals surface area contributed by atoms with Gasteiger partial charge in [-0.05, 0) is 73.5 Å². The molecule has 0 aromatic heterocycles. The summed E-state index contributed by atoms with van der Waals surface area (Å²) in [5, 5.41) is 7.30. The number of hydrogen-bond acceptors (Lipinski definition) is 7. The van der Waals surface area contributed by atoms with Crippen molar-refractivity contribution in [3.8, 4) is 23.0 Å². The fourth-order valence-electron chi connectivity index (χ4n) is 3.21. The maximum absolute atomic E-state index is 12.5. The minimum Gasteiger partial charge on any atom is -0.493 e. The van der Waals surface area contributed by atoms with Crippen LogP contribution in [-0.4, -0.2) is 45.5 Å². The zero-order valence-electron chi connectivity index (χ0n) is 21.0. The number of carbonyl (C=O) groups excluding carboxylic acids is 2. The highest BCUT2D eigenvalue weighted by molar-refractivity contribution is 6.31. The lowest BCUT2D eigenvalue weighted by Gasteiger charge is -2.12. The summed E-state index contributed by atoms with van der Waals surface area (Å²) in [6.07, 6.45) is 1.46. The number of aryl methyl sites for hydroxylation is 1. The molecule has 3 aromatic carbocycles. The van der Waals surface area contributed by atoms with Crippen molar-refractivity contribution >= 4 is 35.3 Å². The number of amides is 2. The lowest BCUT2D eigenvalue weighted by molar-refractivity contribution is -0.118. The molecule has 3 rings (SSSR count). The molecule has 0 heterocycles. The molecule has 194 valence electrons. The normalized spacial score (nSPS) is 10.6. The third-order valence-electron chi connectivity index (χ3n) is 5.11. The summed E-state index contributed by atoms with van der Waals surface area (Å²) in [6, 6.07) is 15.2. The van der Waals surface area contributed by atoms with Crippen molar-refractivity contribution in [1.29, 1.82) is 0 Å². The van der Waals surface area contributed by atoms with Gasteiger partial charge in [0.1, 0.15) is 0 Å². The summed E-state index contributed by atoms with van der Waals surface area (Å²) in [7, 11) is 2.99. The summed E-state index contributed by atoms with van der Waals surface area (Å²) in [6.45, 7) is 4.00. The summed E-state index contributed by atoms with van der Waals surface area (Å²) in [5.74, 6) is 1.03. The number of rotatable bonds is 11. The molecule has 0 saturated carbocycles. The van der Waals surface area contributed by atoms with Gasteiger partial charge in [-0.2, -0.15) is 5.10 Å². The van der Waals surface area contributed by atoms with Crippen LogP contribution in [0.4, 0.5) is 5.69 Å². The Hall–Kier alpha value is -4.24. The first-order valence-electron chi connectivity index (χ1n) is 11.4. The van der Waals surface area contributed by atoms with Gasteiger partial charge in [0.05, 0.1) is 27.0 Å². The molecule has 0 atom stereocenters. The third kappa shape index (κ3) is 7.62. The SMILES string of the molecule is CCOc1ccc(C(=O)N/N=C/c2ccc(OCC(=O)Nc3ccc(C)c(Cl)c3)c(OC)c2)cc1OC. The lowest BCUT2D eigenvalue weighted by Crippen LogP contribution is -2.20. The third-order valence-corrected chi connectivity index (χ3v) is 5.51. The Morgan fingerprint density at radius 2 is 1.62 bits per heavy atom. The van der Waals surface area contributed by atoms with Gasteiger partial charge in [0.2, 0.25) is 0 Å². The van der Waals surface area contributed by atoms with Gasteiger partial charge in [-0.15, -0.1) is 0 Å².